The molecule has 0 N–H and O–H groups in total. The number of rotatable bonds is 4. The smallest absolute Gasteiger partial charge is 0.251 e. The van der Waals surface area contributed by atoms with Gasteiger partial charge in [-0.15, -0.1) is 5.10 Å². The molecule has 0 spiro atoms. The SMILES string of the molecule is O=c1cc(-c2cc(Cl)ccc2-n2cnnn2)cc2n1[C@H](C1=NC=C(c3cccc(Br)c3)C1)CC2. The molecule has 0 saturated heterocycles. The number of allylic oxidation sites excluding steroid dienone is 1. The molecule has 0 fully saturated rings. The van der Waals surface area contributed by atoms with Crippen LogP contribution >= 0.6 is 27.5 Å². The highest BCUT2D eigenvalue weighted by Gasteiger charge is 2.30. The van der Waals surface area contributed by atoms with E-state index in [9.17, 15) is 4.79 Å². The molecule has 0 amide bonds. The van der Waals surface area contributed by atoms with Gasteiger partial charge in [0.2, 0.25) is 0 Å². The van der Waals surface area contributed by atoms with E-state index in [1.807, 2.05) is 35.0 Å². The molecule has 0 unspecified atom stereocenters. The van der Waals surface area contributed by atoms with Crippen LogP contribution in [0, 0.1) is 0 Å². The van der Waals surface area contributed by atoms with Crippen LogP contribution in [-0.2, 0) is 6.42 Å². The molecule has 1 atom stereocenters. The van der Waals surface area contributed by atoms with Crippen molar-refractivity contribution >= 4 is 38.8 Å². The number of aryl methyl sites for hydroxylation is 1. The van der Waals surface area contributed by atoms with Crippen molar-refractivity contribution in [2.24, 2.45) is 4.99 Å². The summed E-state index contributed by atoms with van der Waals surface area (Å²) >= 11 is 9.84. The Kier molecular flexibility index (Phi) is 5.27. The van der Waals surface area contributed by atoms with Crippen molar-refractivity contribution in [1.29, 1.82) is 0 Å². The fourth-order valence-corrected chi connectivity index (χ4v) is 5.36. The van der Waals surface area contributed by atoms with Crippen molar-refractivity contribution in [3.63, 3.8) is 0 Å². The van der Waals surface area contributed by atoms with Gasteiger partial charge in [-0.05, 0) is 76.4 Å². The van der Waals surface area contributed by atoms with Gasteiger partial charge in [0.25, 0.3) is 5.56 Å². The van der Waals surface area contributed by atoms with E-state index in [1.54, 1.807) is 16.8 Å². The molecular weight excluding hydrogens is 516 g/mol. The maximum atomic E-state index is 13.4. The summed E-state index contributed by atoms with van der Waals surface area (Å²) in [6.07, 6.45) is 5.86. The van der Waals surface area contributed by atoms with E-state index in [0.29, 0.717) is 5.02 Å². The van der Waals surface area contributed by atoms with Gasteiger partial charge >= 0.3 is 0 Å². The number of benzene rings is 2. The van der Waals surface area contributed by atoms with Crippen LogP contribution in [0.3, 0.4) is 0 Å². The number of fused-ring (bicyclic) bond motifs is 1. The lowest BCUT2D eigenvalue weighted by atomic mass is 9.99. The van der Waals surface area contributed by atoms with E-state index < -0.39 is 0 Å². The van der Waals surface area contributed by atoms with Crippen LogP contribution in [0.1, 0.15) is 30.1 Å². The van der Waals surface area contributed by atoms with Crippen LogP contribution in [0.2, 0.25) is 5.02 Å². The number of nitrogens with zero attached hydrogens (tertiary/aromatic N) is 6. The Hall–Kier alpha value is -3.36. The predicted molar refractivity (Wildman–Crippen MR) is 135 cm³/mol. The van der Waals surface area contributed by atoms with Gasteiger partial charge in [-0.1, -0.05) is 39.7 Å². The molecule has 9 heteroatoms. The summed E-state index contributed by atoms with van der Waals surface area (Å²) < 4.78 is 4.50. The minimum atomic E-state index is -0.0451. The van der Waals surface area contributed by atoms with Crippen LogP contribution in [-0.4, -0.2) is 30.5 Å². The van der Waals surface area contributed by atoms with Crippen LogP contribution in [0.25, 0.3) is 22.4 Å². The van der Waals surface area contributed by atoms with E-state index in [-0.39, 0.29) is 11.6 Å². The van der Waals surface area contributed by atoms with E-state index >= 15 is 0 Å². The lowest BCUT2D eigenvalue weighted by molar-refractivity contribution is 0.651. The number of hydrogen-bond acceptors (Lipinski definition) is 5. The van der Waals surface area contributed by atoms with Crippen molar-refractivity contribution in [2.45, 2.75) is 25.3 Å². The van der Waals surface area contributed by atoms with Gasteiger partial charge in [-0.25, -0.2) is 0 Å². The predicted octanol–water partition coefficient (Wildman–Crippen LogP) is 5.28. The van der Waals surface area contributed by atoms with Gasteiger partial charge in [0.05, 0.1) is 11.7 Å². The third-order valence-corrected chi connectivity index (χ3v) is 7.07. The Morgan fingerprint density at radius 1 is 1.06 bits per heavy atom. The maximum absolute atomic E-state index is 13.4. The quantitative estimate of drug-likeness (QED) is 0.358. The van der Waals surface area contributed by atoms with Gasteiger partial charge in [-0.3, -0.25) is 9.79 Å². The van der Waals surface area contributed by atoms with Gasteiger partial charge in [0, 0.05) is 45.2 Å². The van der Waals surface area contributed by atoms with Crippen molar-refractivity contribution < 1.29 is 0 Å². The zero-order chi connectivity index (χ0) is 23.2. The Balaban J connectivity index is 1.33. The third-order valence-electron chi connectivity index (χ3n) is 6.34. The van der Waals surface area contributed by atoms with Crippen molar-refractivity contribution in [2.75, 3.05) is 0 Å². The number of aromatic nitrogens is 5. The van der Waals surface area contributed by atoms with E-state index in [0.717, 1.165) is 57.5 Å². The number of halogens is 2. The van der Waals surface area contributed by atoms with Gasteiger partial charge in [0.15, 0.2) is 0 Å². The first-order valence-corrected chi connectivity index (χ1v) is 12.0. The highest BCUT2D eigenvalue weighted by molar-refractivity contribution is 9.10. The summed E-state index contributed by atoms with van der Waals surface area (Å²) in [5.41, 5.74) is 6.65. The summed E-state index contributed by atoms with van der Waals surface area (Å²) in [5.74, 6) is 0. The van der Waals surface area contributed by atoms with Crippen LogP contribution < -0.4 is 5.56 Å². The van der Waals surface area contributed by atoms with E-state index in [4.69, 9.17) is 16.6 Å². The molecule has 2 aromatic heterocycles. The summed E-state index contributed by atoms with van der Waals surface area (Å²) in [7, 11) is 0. The Bertz CT molecular complexity index is 1540. The molecule has 4 aromatic rings. The van der Waals surface area contributed by atoms with Crippen LogP contribution in [0.4, 0.5) is 0 Å². The molecule has 4 heterocycles. The van der Waals surface area contributed by atoms with Crippen molar-refractivity contribution in [1.82, 2.24) is 24.8 Å². The molecule has 0 radical (unpaired) electrons. The molecule has 2 aliphatic rings. The standard InChI is InChI=1S/C25H18BrClN6O/c26-18-3-1-2-15(8-18)17-10-22(28-13-17)24-7-5-20-9-16(11-25(34)33(20)24)21-12-19(27)4-6-23(21)32-14-29-30-31-32/h1-4,6,8-9,11-14,24H,5,7,10H2/t24-/m0/s1. The first-order chi connectivity index (χ1) is 16.6. The molecule has 0 bridgehead atoms. The number of aliphatic imine (C=N–C) groups is 1. The second-order valence-electron chi connectivity index (χ2n) is 8.38. The molecule has 2 aromatic carbocycles. The molecular formula is C25H18BrClN6O. The average molecular weight is 534 g/mol. The summed E-state index contributed by atoms with van der Waals surface area (Å²) in [4.78, 5) is 18.1. The number of pyridine rings is 1. The van der Waals surface area contributed by atoms with Crippen LogP contribution in [0.15, 0.2) is 81.4 Å². The van der Waals surface area contributed by atoms with Gasteiger partial charge in [-0.2, -0.15) is 4.68 Å². The highest BCUT2D eigenvalue weighted by Crippen LogP contribution is 2.36. The van der Waals surface area contributed by atoms with E-state index in [1.165, 1.54) is 11.9 Å². The first-order valence-electron chi connectivity index (χ1n) is 10.9. The number of tetrazole rings is 1. The maximum Gasteiger partial charge on any atom is 0.251 e. The molecule has 7 nitrogen and oxygen atoms in total. The Morgan fingerprint density at radius 2 is 1.97 bits per heavy atom. The molecule has 0 saturated carbocycles. The molecule has 34 heavy (non-hydrogen) atoms. The van der Waals surface area contributed by atoms with Crippen LogP contribution in [0.5, 0.6) is 0 Å². The lowest BCUT2D eigenvalue weighted by Gasteiger charge is -2.17. The Morgan fingerprint density at radius 3 is 2.79 bits per heavy atom. The molecule has 6 rings (SSSR count). The first kappa shape index (κ1) is 21.2. The minimum absolute atomic E-state index is 0.0317. The molecule has 2 aliphatic heterocycles. The highest BCUT2D eigenvalue weighted by atomic mass is 79.9. The van der Waals surface area contributed by atoms with Gasteiger partial charge in [0.1, 0.15) is 6.33 Å². The summed E-state index contributed by atoms with van der Waals surface area (Å²) in [5, 5.41) is 12.0. The summed E-state index contributed by atoms with van der Waals surface area (Å²) in [6, 6.07) is 17.4. The normalized spacial score (nSPS) is 16.9. The average Bonchev–Trinajstić information content (AvgIpc) is 3.59. The van der Waals surface area contributed by atoms with E-state index in [2.05, 4.69) is 49.7 Å². The fourth-order valence-electron chi connectivity index (χ4n) is 4.79. The largest absolute Gasteiger partial charge is 0.304 e. The third kappa shape index (κ3) is 3.73. The second-order valence-corrected chi connectivity index (χ2v) is 9.73. The zero-order valence-electron chi connectivity index (χ0n) is 17.9. The Labute approximate surface area is 208 Å². The zero-order valence-corrected chi connectivity index (χ0v) is 20.2. The molecule has 168 valence electrons. The van der Waals surface area contributed by atoms with Crippen molar-refractivity contribution in [3.05, 3.63) is 98.2 Å². The molecule has 0 aliphatic carbocycles. The lowest BCUT2D eigenvalue weighted by Crippen LogP contribution is -2.27. The summed E-state index contributed by atoms with van der Waals surface area (Å²) in [6.45, 7) is 0. The second kappa shape index (κ2) is 8.45. The number of hydrogen-bond donors (Lipinski definition) is 0. The van der Waals surface area contributed by atoms with Gasteiger partial charge < -0.3 is 4.57 Å². The fraction of sp³-hybridized carbons (Fsp3) is 0.160. The monoisotopic (exact) mass is 532 g/mol. The topological polar surface area (TPSA) is 78.0 Å². The van der Waals surface area contributed by atoms with Crippen molar-refractivity contribution in [3.8, 4) is 16.8 Å². The minimum Gasteiger partial charge on any atom is -0.304 e.